The van der Waals surface area contributed by atoms with Crippen LogP contribution in [0.3, 0.4) is 0 Å². The minimum Gasteiger partial charge on any atom is -0.332 e. The van der Waals surface area contributed by atoms with Gasteiger partial charge in [0, 0.05) is 12.6 Å². The molecule has 0 bridgehead atoms. The Bertz CT molecular complexity index is 551. The van der Waals surface area contributed by atoms with Gasteiger partial charge in [0.25, 0.3) is 5.91 Å². The van der Waals surface area contributed by atoms with Gasteiger partial charge in [0.2, 0.25) is 5.91 Å². The number of hydrogen-bond donors (Lipinski definition) is 2. The van der Waals surface area contributed by atoms with Crippen LogP contribution in [0.15, 0.2) is 24.3 Å². The predicted octanol–water partition coefficient (Wildman–Crippen LogP) is 0.886. The van der Waals surface area contributed by atoms with Crippen LogP contribution >= 0.6 is 0 Å². The molecule has 1 saturated heterocycles. The van der Waals surface area contributed by atoms with Gasteiger partial charge in [0.1, 0.15) is 0 Å². The fourth-order valence-electron chi connectivity index (χ4n) is 3.00. The summed E-state index contributed by atoms with van der Waals surface area (Å²) in [5, 5.41) is 3.07. The summed E-state index contributed by atoms with van der Waals surface area (Å²) >= 11 is 0. The molecule has 0 spiro atoms. The van der Waals surface area contributed by atoms with Crippen LogP contribution in [0.1, 0.15) is 38.7 Å². The Kier molecular flexibility index (Phi) is 6.16. The summed E-state index contributed by atoms with van der Waals surface area (Å²) in [6.07, 6.45) is 1.05. The zero-order valence-electron chi connectivity index (χ0n) is 14.4. The minimum absolute atomic E-state index is 0.0482. The van der Waals surface area contributed by atoms with Crippen molar-refractivity contribution in [3.8, 4) is 0 Å². The number of anilines is 1. The van der Waals surface area contributed by atoms with Crippen molar-refractivity contribution in [2.75, 3.05) is 38.0 Å². The van der Waals surface area contributed by atoms with Crippen molar-refractivity contribution >= 4 is 17.5 Å². The Labute approximate surface area is 138 Å². The van der Waals surface area contributed by atoms with Gasteiger partial charge in [0.15, 0.2) is 6.54 Å². The number of carbonyl (C=O) groups is 2. The Morgan fingerprint density at radius 2 is 1.91 bits per heavy atom. The molecule has 0 aliphatic carbocycles. The minimum atomic E-state index is 0.0482. The largest absolute Gasteiger partial charge is 0.332 e. The van der Waals surface area contributed by atoms with Crippen molar-refractivity contribution in [2.45, 2.75) is 33.1 Å². The number of quaternary nitrogens is 1. The highest BCUT2D eigenvalue weighted by atomic mass is 16.2. The van der Waals surface area contributed by atoms with Crippen LogP contribution in [0.5, 0.6) is 0 Å². The number of nitrogens with one attached hydrogen (secondary N) is 2. The first-order valence-corrected chi connectivity index (χ1v) is 8.49. The first kappa shape index (κ1) is 17.5. The fourth-order valence-corrected chi connectivity index (χ4v) is 3.00. The van der Waals surface area contributed by atoms with Crippen LogP contribution in [-0.4, -0.2) is 49.4 Å². The van der Waals surface area contributed by atoms with Crippen molar-refractivity contribution in [3.63, 3.8) is 0 Å². The Morgan fingerprint density at radius 1 is 1.26 bits per heavy atom. The van der Waals surface area contributed by atoms with Crippen LogP contribution < -0.4 is 10.2 Å². The summed E-state index contributed by atoms with van der Waals surface area (Å²) in [6.45, 7) is 9.53. The number of carbonyl (C=O) groups excluding carboxylic acids is 2. The molecule has 126 valence electrons. The predicted molar refractivity (Wildman–Crippen MR) is 91.6 cm³/mol. The molecule has 2 amide bonds. The van der Waals surface area contributed by atoms with Crippen molar-refractivity contribution < 1.29 is 14.5 Å². The molecule has 0 saturated carbocycles. The van der Waals surface area contributed by atoms with Gasteiger partial charge < -0.3 is 15.1 Å². The maximum Gasteiger partial charge on any atom is 0.279 e. The molecular formula is C18H28N3O2+. The summed E-state index contributed by atoms with van der Waals surface area (Å²) < 4.78 is 0. The molecular weight excluding hydrogens is 290 g/mol. The van der Waals surface area contributed by atoms with Crippen molar-refractivity contribution in [3.05, 3.63) is 29.8 Å². The average molecular weight is 318 g/mol. The van der Waals surface area contributed by atoms with E-state index in [1.807, 2.05) is 23.1 Å². The summed E-state index contributed by atoms with van der Waals surface area (Å²) in [5.41, 5.74) is 2.12. The van der Waals surface area contributed by atoms with E-state index in [9.17, 15) is 9.59 Å². The van der Waals surface area contributed by atoms with Gasteiger partial charge in [-0.05, 0) is 24.0 Å². The zero-order valence-corrected chi connectivity index (χ0v) is 14.4. The number of piperazine rings is 1. The van der Waals surface area contributed by atoms with Gasteiger partial charge in [0.05, 0.1) is 26.2 Å². The molecule has 0 radical (unpaired) electrons. The number of nitrogens with zero attached hydrogens (tertiary/aromatic N) is 1. The molecule has 5 heteroatoms. The van der Waals surface area contributed by atoms with E-state index < -0.39 is 0 Å². The van der Waals surface area contributed by atoms with Crippen LogP contribution in [0.4, 0.5) is 5.69 Å². The smallest absolute Gasteiger partial charge is 0.279 e. The van der Waals surface area contributed by atoms with Gasteiger partial charge in [-0.15, -0.1) is 0 Å². The van der Waals surface area contributed by atoms with Gasteiger partial charge in [-0.2, -0.15) is 0 Å². The van der Waals surface area contributed by atoms with Gasteiger partial charge in [-0.1, -0.05) is 32.0 Å². The summed E-state index contributed by atoms with van der Waals surface area (Å²) in [4.78, 5) is 26.8. The highest BCUT2D eigenvalue weighted by molar-refractivity contribution is 5.92. The molecule has 1 atom stereocenters. The maximum absolute atomic E-state index is 12.3. The second kappa shape index (κ2) is 8.11. The van der Waals surface area contributed by atoms with Crippen LogP contribution in [0, 0.1) is 0 Å². The van der Waals surface area contributed by atoms with E-state index in [0.717, 1.165) is 38.3 Å². The molecule has 2 rings (SSSR count). The molecule has 1 aromatic rings. The van der Waals surface area contributed by atoms with E-state index in [-0.39, 0.29) is 11.8 Å². The Balaban J connectivity index is 1.90. The van der Waals surface area contributed by atoms with E-state index in [4.69, 9.17) is 0 Å². The quantitative estimate of drug-likeness (QED) is 0.847. The number of para-hydroxylation sites is 1. The molecule has 1 aliphatic rings. The molecule has 5 nitrogen and oxygen atoms in total. The third kappa shape index (κ3) is 4.79. The summed E-state index contributed by atoms with van der Waals surface area (Å²) in [6, 6.07) is 8.04. The molecule has 1 aliphatic heterocycles. The molecule has 1 heterocycles. The lowest BCUT2D eigenvalue weighted by Crippen LogP contribution is -3.15. The van der Waals surface area contributed by atoms with E-state index in [2.05, 4.69) is 25.2 Å². The Hall–Kier alpha value is -1.88. The molecule has 1 fully saturated rings. The number of benzene rings is 1. The molecule has 1 aromatic carbocycles. The van der Waals surface area contributed by atoms with Crippen LogP contribution in [0.2, 0.25) is 0 Å². The van der Waals surface area contributed by atoms with Crippen LogP contribution in [-0.2, 0) is 9.59 Å². The van der Waals surface area contributed by atoms with E-state index in [1.54, 1.807) is 6.92 Å². The Morgan fingerprint density at radius 3 is 2.52 bits per heavy atom. The number of amides is 2. The normalized spacial score (nSPS) is 16.9. The molecule has 0 aromatic heterocycles. The summed E-state index contributed by atoms with van der Waals surface area (Å²) in [5.74, 6) is 0.598. The maximum atomic E-state index is 12.3. The SMILES string of the molecule is CC[C@H](C)c1ccccc1NC(=O)C[NH+]1CCN(C(C)=O)CC1. The number of rotatable bonds is 5. The number of hydrogen-bond acceptors (Lipinski definition) is 2. The van der Waals surface area contributed by atoms with Gasteiger partial charge >= 0.3 is 0 Å². The van der Waals surface area contributed by atoms with E-state index in [1.165, 1.54) is 10.5 Å². The van der Waals surface area contributed by atoms with E-state index in [0.29, 0.717) is 12.5 Å². The van der Waals surface area contributed by atoms with Crippen molar-refractivity contribution in [2.24, 2.45) is 0 Å². The molecule has 2 N–H and O–H groups in total. The third-order valence-electron chi connectivity index (χ3n) is 4.70. The second-order valence-corrected chi connectivity index (χ2v) is 6.38. The highest BCUT2D eigenvalue weighted by Crippen LogP contribution is 2.26. The van der Waals surface area contributed by atoms with Crippen molar-refractivity contribution in [1.82, 2.24) is 4.90 Å². The zero-order chi connectivity index (χ0) is 16.8. The lowest BCUT2D eigenvalue weighted by molar-refractivity contribution is -0.895. The third-order valence-corrected chi connectivity index (χ3v) is 4.70. The van der Waals surface area contributed by atoms with Gasteiger partial charge in [-0.25, -0.2) is 0 Å². The summed E-state index contributed by atoms with van der Waals surface area (Å²) in [7, 11) is 0. The standard InChI is InChI=1S/C18H27N3O2/c1-4-14(2)16-7-5-6-8-17(16)19-18(23)13-20-9-11-21(12-10-20)15(3)22/h5-8,14H,4,9-13H2,1-3H3,(H,19,23)/p+1/t14-/m0/s1. The van der Waals surface area contributed by atoms with Gasteiger partial charge in [-0.3, -0.25) is 9.59 Å². The lowest BCUT2D eigenvalue weighted by Gasteiger charge is -2.31. The fraction of sp³-hybridized carbons (Fsp3) is 0.556. The topological polar surface area (TPSA) is 53.9 Å². The first-order chi connectivity index (χ1) is 11.0. The second-order valence-electron chi connectivity index (χ2n) is 6.38. The highest BCUT2D eigenvalue weighted by Gasteiger charge is 2.23. The van der Waals surface area contributed by atoms with Crippen LogP contribution in [0.25, 0.3) is 0 Å². The monoisotopic (exact) mass is 318 g/mol. The van der Waals surface area contributed by atoms with E-state index >= 15 is 0 Å². The first-order valence-electron chi connectivity index (χ1n) is 8.49. The lowest BCUT2D eigenvalue weighted by atomic mass is 9.97. The molecule has 23 heavy (non-hydrogen) atoms. The molecule has 0 unspecified atom stereocenters. The van der Waals surface area contributed by atoms with Crippen molar-refractivity contribution in [1.29, 1.82) is 0 Å². The average Bonchev–Trinajstić information content (AvgIpc) is 2.55.